The zero-order valence-corrected chi connectivity index (χ0v) is 76.8. The first kappa shape index (κ1) is 82.8. The number of para-hydroxylation sites is 3. The minimum Gasteiger partial charge on any atom is -0.284 e. The third-order valence-electron chi connectivity index (χ3n) is 27.2. The van der Waals surface area contributed by atoms with Crippen molar-refractivity contribution >= 4 is 137 Å². The van der Waals surface area contributed by atoms with Crippen LogP contribution in [0.2, 0.25) is 0 Å². The number of benzene rings is 17. The molecular formula is C128H79N15. The number of fused-ring (bicyclic) bond motifs is 20. The fourth-order valence-corrected chi connectivity index (χ4v) is 20.3. The second-order valence-electron chi connectivity index (χ2n) is 35.8. The Kier molecular flexibility index (Phi) is 20.2. The predicted octanol–water partition coefficient (Wildman–Crippen LogP) is 31.2. The van der Waals surface area contributed by atoms with Crippen molar-refractivity contribution < 1.29 is 0 Å². The van der Waals surface area contributed by atoms with Gasteiger partial charge in [-0.3, -0.25) is 13.2 Å². The van der Waals surface area contributed by atoms with Gasteiger partial charge in [-0.1, -0.05) is 382 Å². The average molecular weight is 1830 g/mol. The highest BCUT2D eigenvalue weighted by molar-refractivity contribution is 6.13. The van der Waals surface area contributed by atoms with E-state index >= 15 is 0 Å². The number of aromatic nitrogens is 15. The summed E-state index contributed by atoms with van der Waals surface area (Å²) in [5.41, 5.74) is 32.3. The van der Waals surface area contributed by atoms with Crippen LogP contribution in [0, 0.1) is 0 Å². The summed E-state index contributed by atoms with van der Waals surface area (Å²) in [6, 6.07) is 160. The van der Waals surface area contributed by atoms with E-state index in [1.807, 2.05) is 110 Å². The van der Waals surface area contributed by atoms with Gasteiger partial charge in [-0.05, 0) is 134 Å². The summed E-state index contributed by atoms with van der Waals surface area (Å²) in [5, 5.41) is 14.4. The first-order valence-electron chi connectivity index (χ1n) is 47.8. The molecule has 29 aromatic rings. The van der Waals surface area contributed by atoms with Crippen LogP contribution < -0.4 is 0 Å². The van der Waals surface area contributed by atoms with E-state index in [9.17, 15) is 0 Å². The van der Waals surface area contributed by atoms with Gasteiger partial charge in [0.25, 0.3) is 0 Å². The van der Waals surface area contributed by atoms with Crippen LogP contribution in [0.1, 0.15) is 0 Å². The topological polar surface area (TPSA) is 168 Å². The molecule has 666 valence electrons. The third-order valence-corrected chi connectivity index (χ3v) is 27.2. The number of pyridine rings is 6. The van der Waals surface area contributed by atoms with Gasteiger partial charge in [0.05, 0.1) is 50.7 Å². The maximum Gasteiger partial charge on any atom is 0.165 e. The lowest BCUT2D eigenvalue weighted by Gasteiger charge is -2.12. The van der Waals surface area contributed by atoms with Crippen LogP contribution in [0.4, 0.5) is 0 Å². The molecule has 12 heterocycles. The molecule has 143 heavy (non-hydrogen) atoms. The molecule has 0 saturated heterocycles. The lowest BCUT2D eigenvalue weighted by atomic mass is 9.98. The van der Waals surface area contributed by atoms with Crippen molar-refractivity contribution in [2.45, 2.75) is 0 Å². The quantitative estimate of drug-likeness (QED) is 0.114. The molecule has 17 aromatic carbocycles. The molecular weight excluding hydrogens is 1750 g/mol. The van der Waals surface area contributed by atoms with E-state index in [0.29, 0.717) is 17.5 Å². The van der Waals surface area contributed by atoms with Crippen molar-refractivity contribution in [3.05, 3.63) is 480 Å². The molecule has 0 N–H and O–H groups in total. The highest BCUT2D eigenvalue weighted by atomic mass is 15.1. The molecule has 0 atom stereocenters. The van der Waals surface area contributed by atoms with Crippen molar-refractivity contribution in [3.8, 4) is 135 Å². The Balaban J connectivity index is 0.000000107. The molecule has 0 aliphatic heterocycles. The Hall–Kier alpha value is -19.6. The molecule has 15 nitrogen and oxygen atoms in total. The zero-order valence-electron chi connectivity index (χ0n) is 76.8. The van der Waals surface area contributed by atoms with Crippen LogP contribution in [0.15, 0.2) is 480 Å². The van der Waals surface area contributed by atoms with E-state index in [1.165, 1.54) is 32.7 Å². The molecule has 0 radical (unpaired) electrons. The van der Waals surface area contributed by atoms with Crippen LogP contribution in [0.5, 0.6) is 0 Å². The Morgan fingerprint density at radius 2 is 0.420 bits per heavy atom. The molecule has 12 aromatic heterocycles. The monoisotopic (exact) mass is 1830 g/mol. The largest absolute Gasteiger partial charge is 0.284 e. The van der Waals surface area contributed by atoms with Crippen molar-refractivity contribution in [1.82, 2.24) is 73.0 Å². The summed E-state index contributed by atoms with van der Waals surface area (Å²) in [6.07, 6.45) is 6.07. The number of hydrogen-bond acceptors (Lipinski definition) is 12. The average Bonchev–Trinajstić information content (AvgIpc) is 1.59. The van der Waals surface area contributed by atoms with Crippen molar-refractivity contribution in [1.29, 1.82) is 0 Å². The van der Waals surface area contributed by atoms with Crippen molar-refractivity contribution in [2.24, 2.45) is 0 Å². The van der Waals surface area contributed by atoms with Crippen LogP contribution in [0.3, 0.4) is 0 Å². The standard InChI is InChI=1S/2C44H27N5.C40H25N5/c1-2-15-33-29(11-1)12-10-19-34(33)41-37-18-5-6-20-38(37)45-43(47-41)32-14-9-13-31(27-32)28-22-24-30(25-23-28)40-35-16-3-4-17-36(35)42-44(48-40)49-26-8-7-21-39(49)46-42;1-2-11-31-26-33(24-21-28(31)10-1)41-37-16-5-6-17-38(37)45-43(47-41)34-13-9-12-32(27-34)29-19-22-30(23-20-29)40-35-14-3-4-15-36(35)42-44(48-40)49-25-8-7-18-39(49)46-42;1-2-11-26(12-3-1)27-20-22-28(23-21-27)36-33-17-6-7-18-34(33)41-39(43-36)30-14-10-13-29(25-30)37-31-15-4-5-16-32(31)38-40(44-37)45-24-9-8-19-35(45)42-38/h2*1-27H;1-25H. The number of imidazole rings is 3. The molecule has 15 heteroatoms. The molecule has 0 saturated carbocycles. The number of nitrogens with zero attached hydrogens (tertiary/aromatic N) is 15. The molecule has 0 fully saturated rings. The summed E-state index contributed by atoms with van der Waals surface area (Å²) < 4.78 is 6.17. The Labute approximate surface area is 819 Å². The summed E-state index contributed by atoms with van der Waals surface area (Å²) >= 11 is 0. The van der Waals surface area contributed by atoms with Crippen LogP contribution >= 0.6 is 0 Å². The molecule has 0 aliphatic carbocycles. The van der Waals surface area contributed by atoms with Gasteiger partial charge in [-0.2, -0.15) is 0 Å². The lowest BCUT2D eigenvalue weighted by molar-refractivity contribution is 1.19. The van der Waals surface area contributed by atoms with Crippen LogP contribution in [-0.2, 0) is 0 Å². The lowest BCUT2D eigenvalue weighted by Crippen LogP contribution is -1.96. The predicted molar refractivity (Wildman–Crippen MR) is 584 cm³/mol. The highest BCUT2D eigenvalue weighted by Gasteiger charge is 2.24. The van der Waals surface area contributed by atoms with E-state index in [2.05, 4.69) is 383 Å². The van der Waals surface area contributed by atoms with Gasteiger partial charge in [0.15, 0.2) is 34.4 Å². The third kappa shape index (κ3) is 14.9. The summed E-state index contributed by atoms with van der Waals surface area (Å²) in [5.74, 6) is 2.09. The van der Waals surface area contributed by atoms with Gasteiger partial charge >= 0.3 is 0 Å². The normalized spacial score (nSPS) is 11.6. The molecule has 0 unspecified atom stereocenters. The Bertz CT molecular complexity index is 10100. The SMILES string of the molecule is c1cc(-c2ccc(-c3nc4c(nc5ccccn54)c4ccccc34)cc2)cc(-c2nc(-c3ccc4ccccc4c3)c3ccccc3n2)c1.c1cc(-c2ccc(-c3nc4c(nc5ccccn54)c4ccccc34)cc2)cc(-c2nc(-c3cccc4ccccc34)c3ccccc3n2)c1.c1ccc(-c2ccc(-c3nc(-c4cccc(-c5nc6c(nc7ccccn76)c6ccccc56)c4)nc4ccccc34)cc2)cc1. The van der Waals surface area contributed by atoms with Crippen LogP contribution in [0.25, 0.3) is 272 Å². The maximum atomic E-state index is 5.22. The smallest absolute Gasteiger partial charge is 0.165 e. The first-order chi connectivity index (χ1) is 70.8. The zero-order chi connectivity index (χ0) is 94.4. The number of hydrogen-bond donors (Lipinski definition) is 0. The summed E-state index contributed by atoms with van der Waals surface area (Å²) in [4.78, 5) is 61.0. The molecule has 29 rings (SSSR count). The molecule has 0 aliphatic rings. The maximum absolute atomic E-state index is 5.22. The first-order valence-corrected chi connectivity index (χ1v) is 47.8. The molecule has 0 spiro atoms. The van der Waals surface area contributed by atoms with Gasteiger partial charge < -0.3 is 0 Å². The summed E-state index contributed by atoms with van der Waals surface area (Å²) in [6.45, 7) is 0. The van der Waals surface area contributed by atoms with Gasteiger partial charge in [-0.25, -0.2) is 59.8 Å². The van der Waals surface area contributed by atoms with E-state index in [-0.39, 0.29) is 0 Å². The minimum atomic E-state index is 0.679. The second-order valence-corrected chi connectivity index (χ2v) is 35.8. The Morgan fingerprint density at radius 3 is 0.874 bits per heavy atom. The van der Waals surface area contributed by atoms with Gasteiger partial charge in [-0.15, -0.1) is 0 Å². The van der Waals surface area contributed by atoms with E-state index in [1.54, 1.807) is 0 Å². The van der Waals surface area contributed by atoms with Crippen molar-refractivity contribution in [2.75, 3.05) is 0 Å². The van der Waals surface area contributed by atoms with Gasteiger partial charge in [0, 0.05) is 117 Å². The highest BCUT2D eigenvalue weighted by Crippen LogP contribution is 2.43. The molecule has 0 bridgehead atoms. The van der Waals surface area contributed by atoms with Crippen LogP contribution in [-0.4, -0.2) is 73.0 Å². The van der Waals surface area contributed by atoms with Gasteiger partial charge in [0.2, 0.25) is 0 Å². The van der Waals surface area contributed by atoms with E-state index < -0.39 is 0 Å². The second kappa shape index (κ2) is 34.9. The fraction of sp³-hybridized carbons (Fsp3) is 0. The summed E-state index contributed by atoms with van der Waals surface area (Å²) in [7, 11) is 0. The van der Waals surface area contributed by atoms with E-state index in [4.69, 9.17) is 59.8 Å². The molecule has 0 amide bonds. The van der Waals surface area contributed by atoms with Gasteiger partial charge in [0.1, 0.15) is 33.5 Å². The van der Waals surface area contributed by atoms with Crippen molar-refractivity contribution in [3.63, 3.8) is 0 Å². The number of rotatable bonds is 12. The fourth-order valence-electron chi connectivity index (χ4n) is 20.3. The minimum absolute atomic E-state index is 0.679. The Morgan fingerprint density at radius 1 is 0.140 bits per heavy atom. The van der Waals surface area contributed by atoms with E-state index in [0.717, 1.165) is 222 Å².